The molecule has 4 heteroatoms. The number of alkyl halides is 1. The summed E-state index contributed by atoms with van der Waals surface area (Å²) >= 11 is 3.30. The fourth-order valence-corrected chi connectivity index (χ4v) is 4.11. The van der Waals surface area contributed by atoms with Gasteiger partial charge < -0.3 is 15.4 Å². The molecule has 1 aliphatic heterocycles. The van der Waals surface area contributed by atoms with Crippen LogP contribution in [-0.4, -0.2) is 24.6 Å². The average molecular weight is 403 g/mol. The van der Waals surface area contributed by atoms with E-state index in [2.05, 4.69) is 75.4 Å². The van der Waals surface area contributed by atoms with Crippen molar-refractivity contribution in [1.29, 1.82) is 0 Å². The van der Waals surface area contributed by atoms with Crippen molar-refractivity contribution >= 4 is 21.6 Å². The van der Waals surface area contributed by atoms with Gasteiger partial charge in [0.15, 0.2) is 0 Å². The van der Waals surface area contributed by atoms with Gasteiger partial charge in [0.1, 0.15) is 11.3 Å². The second-order valence-electron chi connectivity index (χ2n) is 6.66. The van der Waals surface area contributed by atoms with Gasteiger partial charge in [0.25, 0.3) is 0 Å². The first-order chi connectivity index (χ1) is 12.3. The number of anilines is 1. The van der Waals surface area contributed by atoms with Crippen LogP contribution in [0.4, 0.5) is 5.69 Å². The van der Waals surface area contributed by atoms with E-state index in [1.54, 1.807) is 0 Å². The van der Waals surface area contributed by atoms with E-state index in [4.69, 9.17) is 10.5 Å². The van der Waals surface area contributed by atoms with E-state index in [9.17, 15) is 0 Å². The van der Waals surface area contributed by atoms with Gasteiger partial charge in [-0.15, -0.1) is 0 Å². The number of benzene rings is 2. The first-order valence-electron chi connectivity index (χ1n) is 9.12. The van der Waals surface area contributed by atoms with Crippen molar-refractivity contribution in [2.75, 3.05) is 23.5 Å². The van der Waals surface area contributed by atoms with Crippen LogP contribution in [0.3, 0.4) is 0 Å². The van der Waals surface area contributed by atoms with E-state index in [1.165, 1.54) is 24.1 Å². The van der Waals surface area contributed by atoms with Crippen LogP contribution in [0.15, 0.2) is 54.6 Å². The Labute approximate surface area is 159 Å². The average Bonchev–Trinajstić information content (AvgIpc) is 2.68. The van der Waals surface area contributed by atoms with Gasteiger partial charge in [-0.05, 0) is 83.9 Å². The highest BCUT2D eigenvalue weighted by Gasteiger charge is 2.29. The number of nitrogens with zero attached hydrogens (tertiary/aromatic N) is 1. The molecule has 2 N–H and O–H groups in total. The van der Waals surface area contributed by atoms with Crippen LogP contribution >= 0.6 is 15.9 Å². The number of nitrogens with two attached hydrogens (primary N) is 1. The minimum atomic E-state index is 0.522. The maximum atomic E-state index is 5.79. The molecule has 2 unspecified atom stereocenters. The lowest BCUT2D eigenvalue weighted by Crippen LogP contribution is -2.42. The minimum absolute atomic E-state index is 0.522. The predicted molar refractivity (Wildman–Crippen MR) is 109 cm³/mol. The zero-order valence-electron chi connectivity index (χ0n) is 14.6. The van der Waals surface area contributed by atoms with Crippen LogP contribution in [0.5, 0.6) is 5.75 Å². The number of hydrogen-bond donors (Lipinski definition) is 1. The fraction of sp³-hybridized carbons (Fsp3) is 0.429. The molecule has 25 heavy (non-hydrogen) atoms. The van der Waals surface area contributed by atoms with Gasteiger partial charge in [0.2, 0.25) is 0 Å². The predicted octanol–water partition coefficient (Wildman–Crippen LogP) is 4.91. The van der Waals surface area contributed by atoms with Crippen molar-refractivity contribution in [3.05, 3.63) is 60.2 Å². The SMILES string of the molecule is NCCCC1CC(c2ccccc2)CCN1c1ccc(OCBr)cc1. The smallest absolute Gasteiger partial charge is 0.143 e. The van der Waals surface area contributed by atoms with Gasteiger partial charge in [-0.25, -0.2) is 0 Å². The molecule has 1 fully saturated rings. The minimum Gasteiger partial charge on any atom is -0.482 e. The van der Waals surface area contributed by atoms with Crippen LogP contribution in [0.25, 0.3) is 0 Å². The topological polar surface area (TPSA) is 38.5 Å². The number of hydrogen-bond acceptors (Lipinski definition) is 3. The maximum absolute atomic E-state index is 5.79. The maximum Gasteiger partial charge on any atom is 0.143 e. The van der Waals surface area contributed by atoms with Crippen molar-refractivity contribution in [1.82, 2.24) is 0 Å². The molecule has 1 saturated heterocycles. The monoisotopic (exact) mass is 402 g/mol. The summed E-state index contributed by atoms with van der Waals surface area (Å²) in [5.74, 6) is 1.55. The number of halogens is 1. The highest BCUT2D eigenvalue weighted by atomic mass is 79.9. The lowest BCUT2D eigenvalue weighted by molar-refractivity contribution is 0.388. The fourth-order valence-electron chi connectivity index (χ4n) is 3.84. The van der Waals surface area contributed by atoms with Crippen molar-refractivity contribution in [3.63, 3.8) is 0 Å². The second-order valence-corrected chi connectivity index (χ2v) is 7.12. The largest absolute Gasteiger partial charge is 0.482 e. The van der Waals surface area contributed by atoms with E-state index < -0.39 is 0 Å². The Hall–Kier alpha value is -1.52. The van der Waals surface area contributed by atoms with Crippen LogP contribution in [0, 0.1) is 0 Å². The molecule has 2 aromatic carbocycles. The summed E-state index contributed by atoms with van der Waals surface area (Å²) in [5, 5.41) is 0. The summed E-state index contributed by atoms with van der Waals surface area (Å²) in [7, 11) is 0. The molecule has 0 bridgehead atoms. The molecule has 1 aliphatic rings. The second kappa shape index (κ2) is 9.25. The number of ether oxygens (including phenoxy) is 1. The van der Waals surface area contributed by atoms with E-state index in [-0.39, 0.29) is 0 Å². The molecular weight excluding hydrogens is 376 g/mol. The van der Waals surface area contributed by atoms with Gasteiger partial charge in [-0.1, -0.05) is 30.3 Å². The van der Waals surface area contributed by atoms with Crippen molar-refractivity contribution < 1.29 is 4.74 Å². The van der Waals surface area contributed by atoms with E-state index in [1.807, 2.05) is 0 Å². The molecule has 0 aromatic heterocycles. The van der Waals surface area contributed by atoms with Crippen molar-refractivity contribution in [3.8, 4) is 5.75 Å². The standard InChI is InChI=1S/C21H27BrN2O/c22-16-25-21-10-8-19(9-11-21)24-14-12-18(15-20(24)7-4-13-23)17-5-2-1-3-6-17/h1-3,5-6,8-11,18,20H,4,7,12-16,23H2. The highest BCUT2D eigenvalue weighted by Crippen LogP contribution is 2.36. The Kier molecular flexibility index (Phi) is 6.76. The lowest BCUT2D eigenvalue weighted by Gasteiger charge is -2.41. The number of piperidine rings is 1. The molecule has 3 nitrogen and oxygen atoms in total. The first kappa shape index (κ1) is 18.3. The zero-order valence-corrected chi connectivity index (χ0v) is 16.2. The van der Waals surface area contributed by atoms with Crippen LogP contribution in [0.2, 0.25) is 0 Å². The Balaban J connectivity index is 1.74. The molecular formula is C21H27BrN2O. The van der Waals surface area contributed by atoms with Gasteiger partial charge in [0, 0.05) is 18.3 Å². The van der Waals surface area contributed by atoms with E-state index >= 15 is 0 Å². The molecule has 0 amide bonds. The molecule has 0 radical (unpaired) electrons. The normalized spacial score (nSPS) is 20.5. The molecule has 3 rings (SSSR count). The molecule has 1 heterocycles. The molecule has 0 spiro atoms. The summed E-state index contributed by atoms with van der Waals surface area (Å²) in [6.07, 6.45) is 4.62. The summed E-state index contributed by atoms with van der Waals surface area (Å²) in [5.41, 5.74) is 9.07. The van der Waals surface area contributed by atoms with Gasteiger partial charge in [-0.2, -0.15) is 0 Å². The van der Waals surface area contributed by atoms with Crippen molar-refractivity contribution in [2.24, 2.45) is 5.73 Å². The highest BCUT2D eigenvalue weighted by molar-refractivity contribution is 9.09. The Bertz CT molecular complexity index is 632. The van der Waals surface area contributed by atoms with E-state index in [0.717, 1.165) is 31.7 Å². The molecule has 0 saturated carbocycles. The van der Waals surface area contributed by atoms with Crippen LogP contribution in [0.1, 0.15) is 37.2 Å². The van der Waals surface area contributed by atoms with Crippen LogP contribution in [-0.2, 0) is 0 Å². The van der Waals surface area contributed by atoms with Gasteiger partial charge in [-0.3, -0.25) is 0 Å². The van der Waals surface area contributed by atoms with Crippen LogP contribution < -0.4 is 15.4 Å². The third kappa shape index (κ3) is 4.77. The summed E-state index contributed by atoms with van der Waals surface area (Å²) in [6.45, 7) is 1.85. The Morgan fingerprint density at radius 1 is 1.08 bits per heavy atom. The summed E-state index contributed by atoms with van der Waals surface area (Å²) in [4.78, 5) is 2.56. The molecule has 2 aromatic rings. The summed E-state index contributed by atoms with van der Waals surface area (Å²) in [6, 6.07) is 20.0. The Morgan fingerprint density at radius 2 is 1.84 bits per heavy atom. The third-order valence-corrected chi connectivity index (χ3v) is 5.35. The molecule has 134 valence electrons. The molecule has 2 atom stereocenters. The van der Waals surface area contributed by atoms with Gasteiger partial charge >= 0.3 is 0 Å². The quantitative estimate of drug-likeness (QED) is 0.668. The first-order valence-corrected chi connectivity index (χ1v) is 10.2. The Morgan fingerprint density at radius 3 is 2.52 bits per heavy atom. The zero-order chi connectivity index (χ0) is 17.5. The van der Waals surface area contributed by atoms with Gasteiger partial charge in [0.05, 0.1) is 0 Å². The molecule has 0 aliphatic carbocycles. The third-order valence-electron chi connectivity index (χ3n) is 5.12. The summed E-state index contributed by atoms with van der Waals surface area (Å²) < 4.78 is 5.50. The van der Waals surface area contributed by atoms with Crippen molar-refractivity contribution in [2.45, 2.75) is 37.6 Å². The number of rotatable bonds is 7. The van der Waals surface area contributed by atoms with E-state index in [0.29, 0.717) is 17.5 Å². The lowest BCUT2D eigenvalue weighted by atomic mass is 9.83.